The number of thiophene rings is 1. The molecule has 0 bridgehead atoms. The third-order valence-electron chi connectivity index (χ3n) is 5.40. The molecule has 0 radical (unpaired) electrons. The van der Waals surface area contributed by atoms with Gasteiger partial charge in [0.15, 0.2) is 0 Å². The third-order valence-corrected chi connectivity index (χ3v) is 6.61. The first-order chi connectivity index (χ1) is 12.9. The van der Waals surface area contributed by atoms with E-state index in [1.807, 2.05) is 0 Å². The van der Waals surface area contributed by atoms with Crippen LogP contribution in [0, 0.1) is 5.92 Å². The summed E-state index contributed by atoms with van der Waals surface area (Å²) in [6, 6.07) is 0.232. The summed E-state index contributed by atoms with van der Waals surface area (Å²) in [6.07, 6.45) is 8.45. The molecule has 2 amide bonds. The van der Waals surface area contributed by atoms with E-state index in [2.05, 4.69) is 10.6 Å². The molecule has 1 aromatic heterocycles. The number of rotatable bonds is 7. The largest absolute Gasteiger partial charge is 0.481 e. The lowest BCUT2D eigenvalue weighted by molar-refractivity contribution is -0.138. The van der Waals surface area contributed by atoms with Crippen LogP contribution in [0.25, 0.3) is 0 Å². The number of carbonyl (C=O) groups excluding carboxylic acids is 2. The Bertz CT molecular complexity index is 722. The van der Waals surface area contributed by atoms with E-state index in [9.17, 15) is 14.4 Å². The fraction of sp³-hybridized carbons (Fsp3) is 0.650. The third kappa shape index (κ3) is 5.09. The lowest BCUT2D eigenvalue weighted by Crippen LogP contribution is -2.33. The van der Waals surface area contributed by atoms with Crippen LogP contribution in [0.4, 0.5) is 5.00 Å². The topological polar surface area (TPSA) is 95.5 Å². The van der Waals surface area contributed by atoms with Gasteiger partial charge in [0.05, 0.1) is 5.56 Å². The fourth-order valence-corrected chi connectivity index (χ4v) is 5.39. The minimum atomic E-state index is -0.904. The van der Waals surface area contributed by atoms with Crippen molar-refractivity contribution >= 4 is 34.1 Å². The van der Waals surface area contributed by atoms with Crippen molar-refractivity contribution in [2.75, 3.05) is 5.32 Å². The van der Waals surface area contributed by atoms with Crippen molar-refractivity contribution in [2.24, 2.45) is 5.92 Å². The van der Waals surface area contributed by atoms with Gasteiger partial charge in [-0.05, 0) is 50.0 Å². The van der Waals surface area contributed by atoms with Gasteiger partial charge >= 0.3 is 5.97 Å². The first-order valence-electron chi connectivity index (χ1n) is 9.91. The minimum absolute atomic E-state index is 0.0383. The maximum absolute atomic E-state index is 13.0. The monoisotopic (exact) mass is 392 g/mol. The summed E-state index contributed by atoms with van der Waals surface area (Å²) in [5.74, 6) is -1.45. The van der Waals surface area contributed by atoms with Crippen molar-refractivity contribution in [3.05, 3.63) is 16.0 Å². The van der Waals surface area contributed by atoms with Gasteiger partial charge in [-0.1, -0.05) is 19.8 Å². The standard InChI is InChI=1S/C20H28N2O4S/c1-12(11-17(24)25)10-16(23)22-20-18(14-8-4-5-9-15(14)27-20)19(26)21-13-6-2-3-7-13/h12-13H,2-11H2,1H3,(H,21,26)(H,22,23)(H,24,25)/t12-/m1/s1. The molecule has 0 aromatic carbocycles. The Balaban J connectivity index is 1.75. The molecule has 1 heterocycles. The molecular weight excluding hydrogens is 364 g/mol. The van der Waals surface area contributed by atoms with Crippen LogP contribution in [0.3, 0.4) is 0 Å². The molecule has 2 aliphatic rings. The zero-order valence-electron chi connectivity index (χ0n) is 15.8. The van der Waals surface area contributed by atoms with Crippen LogP contribution < -0.4 is 10.6 Å². The summed E-state index contributed by atoms with van der Waals surface area (Å²) in [7, 11) is 0. The number of hydrogen-bond acceptors (Lipinski definition) is 4. The highest BCUT2D eigenvalue weighted by molar-refractivity contribution is 7.17. The van der Waals surface area contributed by atoms with Gasteiger partial charge in [0, 0.05) is 23.8 Å². The predicted molar refractivity (Wildman–Crippen MR) is 105 cm³/mol. The number of nitrogens with one attached hydrogen (secondary N) is 2. The smallest absolute Gasteiger partial charge is 0.303 e. The van der Waals surface area contributed by atoms with E-state index < -0.39 is 5.97 Å². The number of carbonyl (C=O) groups is 3. The molecule has 1 fully saturated rings. The quantitative estimate of drug-likeness (QED) is 0.659. The van der Waals surface area contributed by atoms with Gasteiger partial charge in [0.25, 0.3) is 5.91 Å². The molecule has 1 saturated carbocycles. The molecular formula is C20H28N2O4S. The Hall–Kier alpha value is -1.89. The summed E-state index contributed by atoms with van der Waals surface area (Å²) >= 11 is 1.51. The second kappa shape index (κ2) is 8.87. The zero-order valence-corrected chi connectivity index (χ0v) is 16.6. The van der Waals surface area contributed by atoms with Gasteiger partial charge in [0.1, 0.15) is 5.00 Å². The summed E-state index contributed by atoms with van der Waals surface area (Å²) in [5.41, 5.74) is 1.73. The normalized spacial score (nSPS) is 18.0. The van der Waals surface area contributed by atoms with E-state index in [0.717, 1.165) is 56.9 Å². The van der Waals surface area contributed by atoms with Gasteiger partial charge in [-0.25, -0.2) is 0 Å². The van der Waals surface area contributed by atoms with Crippen molar-refractivity contribution in [3.63, 3.8) is 0 Å². The summed E-state index contributed by atoms with van der Waals surface area (Å²) in [5, 5.41) is 15.6. The highest BCUT2D eigenvalue weighted by Gasteiger charge is 2.28. The van der Waals surface area contributed by atoms with E-state index in [1.54, 1.807) is 6.92 Å². The number of carboxylic acids is 1. The van der Waals surface area contributed by atoms with Crippen molar-refractivity contribution in [1.82, 2.24) is 5.32 Å². The zero-order chi connectivity index (χ0) is 19.4. The number of aryl methyl sites for hydroxylation is 1. The Morgan fingerprint density at radius 1 is 1.11 bits per heavy atom. The highest BCUT2D eigenvalue weighted by atomic mass is 32.1. The van der Waals surface area contributed by atoms with E-state index in [4.69, 9.17) is 5.11 Å². The number of anilines is 1. The minimum Gasteiger partial charge on any atom is -0.481 e. The maximum Gasteiger partial charge on any atom is 0.303 e. The van der Waals surface area contributed by atoms with Crippen molar-refractivity contribution in [2.45, 2.75) is 77.2 Å². The van der Waals surface area contributed by atoms with E-state index >= 15 is 0 Å². The molecule has 0 saturated heterocycles. The van der Waals surface area contributed by atoms with Crippen LogP contribution in [0.2, 0.25) is 0 Å². The predicted octanol–water partition coefficient (Wildman–Crippen LogP) is 3.74. The van der Waals surface area contributed by atoms with Crippen LogP contribution >= 0.6 is 11.3 Å². The van der Waals surface area contributed by atoms with Crippen molar-refractivity contribution in [3.8, 4) is 0 Å². The molecule has 1 aromatic rings. The van der Waals surface area contributed by atoms with Gasteiger partial charge in [-0.3, -0.25) is 14.4 Å². The summed E-state index contributed by atoms with van der Waals surface area (Å²) in [4.78, 5) is 37.4. The second-order valence-corrected chi connectivity index (χ2v) is 8.93. The first kappa shape index (κ1) is 19.9. The average molecular weight is 393 g/mol. The molecule has 6 nitrogen and oxygen atoms in total. The van der Waals surface area contributed by atoms with Gasteiger partial charge in [-0.2, -0.15) is 0 Å². The Labute approximate surface area is 163 Å². The molecule has 3 N–H and O–H groups in total. The van der Waals surface area contributed by atoms with E-state index in [1.165, 1.54) is 16.2 Å². The molecule has 1 atom stereocenters. The molecule has 2 aliphatic carbocycles. The molecule has 27 heavy (non-hydrogen) atoms. The molecule has 148 valence electrons. The van der Waals surface area contributed by atoms with Gasteiger partial charge in [-0.15, -0.1) is 11.3 Å². The number of amides is 2. The van der Waals surface area contributed by atoms with Crippen LogP contribution in [0.1, 0.15) is 79.1 Å². The molecule has 0 aliphatic heterocycles. The number of hydrogen-bond donors (Lipinski definition) is 3. The Kier molecular flexibility index (Phi) is 6.52. The first-order valence-corrected chi connectivity index (χ1v) is 10.7. The molecule has 7 heteroatoms. The van der Waals surface area contributed by atoms with E-state index in [0.29, 0.717) is 10.6 Å². The van der Waals surface area contributed by atoms with Crippen molar-refractivity contribution in [1.29, 1.82) is 0 Å². The highest BCUT2D eigenvalue weighted by Crippen LogP contribution is 2.38. The molecule has 3 rings (SSSR count). The Morgan fingerprint density at radius 2 is 1.81 bits per heavy atom. The second-order valence-electron chi connectivity index (χ2n) is 7.83. The van der Waals surface area contributed by atoms with Crippen LogP contribution in [-0.4, -0.2) is 28.9 Å². The maximum atomic E-state index is 13.0. The van der Waals surface area contributed by atoms with Gasteiger partial charge in [0.2, 0.25) is 5.91 Å². The molecule has 0 unspecified atom stereocenters. The lowest BCUT2D eigenvalue weighted by Gasteiger charge is -2.16. The van der Waals surface area contributed by atoms with Crippen LogP contribution in [0.5, 0.6) is 0 Å². The Morgan fingerprint density at radius 3 is 2.52 bits per heavy atom. The number of fused-ring (bicyclic) bond motifs is 1. The average Bonchev–Trinajstić information content (AvgIpc) is 3.20. The fourth-order valence-electron chi connectivity index (χ4n) is 4.09. The number of aliphatic carboxylic acids is 1. The van der Waals surface area contributed by atoms with Gasteiger partial charge < -0.3 is 15.7 Å². The lowest BCUT2D eigenvalue weighted by atomic mass is 9.95. The van der Waals surface area contributed by atoms with E-state index in [-0.39, 0.29) is 36.6 Å². The summed E-state index contributed by atoms with van der Waals surface area (Å²) < 4.78 is 0. The SMILES string of the molecule is C[C@@H](CC(=O)O)CC(=O)Nc1sc2c(c1C(=O)NC1CCCC1)CCCC2. The van der Waals surface area contributed by atoms with Crippen molar-refractivity contribution < 1.29 is 19.5 Å². The molecule has 0 spiro atoms. The van der Waals surface area contributed by atoms with Crippen LogP contribution in [-0.2, 0) is 22.4 Å². The summed E-state index contributed by atoms with van der Waals surface area (Å²) in [6.45, 7) is 1.75. The van der Waals surface area contributed by atoms with Crippen LogP contribution in [0.15, 0.2) is 0 Å². The number of carboxylic acid groups (broad SMARTS) is 1.